The van der Waals surface area contributed by atoms with Gasteiger partial charge in [-0.15, -0.1) is 10.2 Å². The molecule has 48 heavy (non-hydrogen) atoms. The van der Waals surface area contributed by atoms with E-state index in [4.69, 9.17) is 20.1 Å². The Morgan fingerprint density at radius 3 is 2.48 bits per heavy atom. The Morgan fingerprint density at radius 1 is 1.08 bits per heavy atom. The van der Waals surface area contributed by atoms with Gasteiger partial charge in [0.05, 0.1) is 35.4 Å². The number of amides is 1. The Morgan fingerprint density at radius 2 is 1.81 bits per heavy atom. The number of benzene rings is 2. The molecule has 1 aliphatic carbocycles. The summed E-state index contributed by atoms with van der Waals surface area (Å²) < 4.78 is 23.3. The Bertz CT molecular complexity index is 1930. The number of ether oxygens (including phenoxy) is 1. The van der Waals surface area contributed by atoms with Crippen LogP contribution in [0.5, 0.6) is 17.2 Å². The SMILES string of the molecule is CCCOC(=O)c1cc(O)c(O)c(O)c1.Cc1cc(F)c(C(=O)Nc2cccc(-c3nncn3C(C)C)n2)cc1-n1cnc(C2CC2)c1. The van der Waals surface area contributed by atoms with E-state index in [1.54, 1.807) is 36.9 Å². The zero-order valence-electron chi connectivity index (χ0n) is 26.9. The van der Waals surface area contributed by atoms with Gasteiger partial charge in [-0.2, -0.15) is 0 Å². The van der Waals surface area contributed by atoms with Crippen molar-refractivity contribution in [2.75, 3.05) is 11.9 Å². The lowest BCUT2D eigenvalue weighted by Gasteiger charge is -2.12. The van der Waals surface area contributed by atoms with Crippen LogP contribution in [0.3, 0.4) is 0 Å². The van der Waals surface area contributed by atoms with Crippen LogP contribution >= 0.6 is 0 Å². The fourth-order valence-corrected chi connectivity index (χ4v) is 4.79. The molecule has 0 radical (unpaired) electrons. The predicted octanol–water partition coefficient (Wildman–Crippen LogP) is 6.05. The minimum absolute atomic E-state index is 0.00347. The van der Waals surface area contributed by atoms with Crippen LogP contribution in [0.2, 0.25) is 0 Å². The molecule has 0 atom stereocenters. The lowest BCUT2D eigenvalue weighted by molar-refractivity contribution is 0.0504. The molecule has 0 bridgehead atoms. The van der Waals surface area contributed by atoms with E-state index in [1.165, 1.54) is 6.07 Å². The molecule has 13 nitrogen and oxygen atoms in total. The molecule has 6 rings (SSSR count). The van der Waals surface area contributed by atoms with Crippen molar-refractivity contribution in [3.8, 4) is 34.5 Å². The summed E-state index contributed by atoms with van der Waals surface area (Å²) in [6.07, 6.45) is 8.28. The van der Waals surface area contributed by atoms with Crippen LogP contribution in [0, 0.1) is 12.7 Å². The molecule has 1 fully saturated rings. The van der Waals surface area contributed by atoms with Crippen LogP contribution in [0.15, 0.2) is 61.3 Å². The first-order chi connectivity index (χ1) is 23.0. The number of rotatable bonds is 9. The first-order valence-corrected chi connectivity index (χ1v) is 15.4. The largest absolute Gasteiger partial charge is 0.504 e. The number of phenolic OH excluding ortho intramolecular Hbond substituents is 3. The fourth-order valence-electron chi connectivity index (χ4n) is 4.79. The molecule has 250 valence electrons. The summed E-state index contributed by atoms with van der Waals surface area (Å²) in [7, 11) is 0. The molecule has 3 heterocycles. The van der Waals surface area contributed by atoms with E-state index in [-0.39, 0.29) is 23.8 Å². The van der Waals surface area contributed by atoms with Gasteiger partial charge in [0.1, 0.15) is 23.7 Å². The molecule has 0 saturated heterocycles. The number of imidazole rings is 1. The Hall–Kier alpha value is -5.79. The van der Waals surface area contributed by atoms with Gasteiger partial charge in [0.2, 0.25) is 0 Å². The second kappa shape index (κ2) is 14.3. The van der Waals surface area contributed by atoms with Crippen molar-refractivity contribution < 1.29 is 34.0 Å². The van der Waals surface area contributed by atoms with Crippen LogP contribution in [0.4, 0.5) is 10.2 Å². The number of aromatic nitrogens is 6. The van der Waals surface area contributed by atoms with Crippen LogP contribution in [-0.2, 0) is 4.74 Å². The van der Waals surface area contributed by atoms with Crippen LogP contribution in [0.25, 0.3) is 17.2 Å². The van der Waals surface area contributed by atoms with Gasteiger partial charge in [0.25, 0.3) is 5.91 Å². The third kappa shape index (κ3) is 7.60. The van der Waals surface area contributed by atoms with E-state index in [9.17, 15) is 14.0 Å². The molecular weight excluding hydrogens is 621 g/mol. The maximum absolute atomic E-state index is 14.8. The molecule has 1 amide bonds. The number of aromatic hydroxyl groups is 3. The fraction of sp³-hybridized carbons (Fsp3) is 0.294. The number of pyridine rings is 1. The summed E-state index contributed by atoms with van der Waals surface area (Å²) in [4.78, 5) is 33.2. The number of carbonyl (C=O) groups excluding carboxylic acids is 2. The number of phenols is 3. The van der Waals surface area contributed by atoms with Crippen LogP contribution < -0.4 is 5.32 Å². The Kier molecular flexibility index (Phi) is 10.0. The molecule has 0 spiro atoms. The minimum Gasteiger partial charge on any atom is -0.504 e. The van der Waals surface area contributed by atoms with Crippen molar-refractivity contribution >= 4 is 17.7 Å². The Balaban J connectivity index is 0.000000253. The molecule has 3 aromatic heterocycles. The molecule has 4 N–H and O–H groups in total. The molecule has 1 aliphatic rings. The first-order valence-electron chi connectivity index (χ1n) is 15.4. The summed E-state index contributed by atoms with van der Waals surface area (Å²) in [5.41, 5.74) is 2.96. The van der Waals surface area contributed by atoms with Gasteiger partial charge in [-0.25, -0.2) is 19.2 Å². The number of hydrogen-bond donors (Lipinski definition) is 4. The van der Waals surface area contributed by atoms with Gasteiger partial charge in [0, 0.05) is 18.2 Å². The zero-order chi connectivity index (χ0) is 34.5. The van der Waals surface area contributed by atoms with Crippen molar-refractivity contribution in [2.45, 2.75) is 58.9 Å². The average molecular weight is 658 g/mol. The summed E-state index contributed by atoms with van der Waals surface area (Å²) >= 11 is 0. The smallest absolute Gasteiger partial charge is 0.338 e. The Labute approximate surface area is 275 Å². The number of halogens is 1. The zero-order valence-corrected chi connectivity index (χ0v) is 26.9. The van der Waals surface area contributed by atoms with E-state index in [0.29, 0.717) is 35.4 Å². The monoisotopic (exact) mass is 657 g/mol. The third-order valence-electron chi connectivity index (χ3n) is 7.50. The van der Waals surface area contributed by atoms with Crippen molar-refractivity contribution in [2.24, 2.45) is 0 Å². The molecular formula is C34H36FN7O6. The molecule has 14 heteroatoms. The van der Waals surface area contributed by atoms with Crippen LogP contribution in [0.1, 0.15) is 84.0 Å². The van der Waals surface area contributed by atoms with Crippen molar-refractivity contribution in [1.29, 1.82) is 0 Å². The number of anilines is 1. The van der Waals surface area contributed by atoms with E-state index >= 15 is 0 Å². The predicted molar refractivity (Wildman–Crippen MR) is 174 cm³/mol. The standard InChI is InChI=1S/C24H24FN7O.C10H12O5/c1-14(2)32-13-27-30-23(32)19-5-4-6-22(28-19)29-24(33)17-10-21(15(3)9-18(17)25)31-11-20(26-12-31)16-7-8-16;1-2-3-15-10(14)6-4-7(11)9(13)8(12)5-6/h4-6,9-14,16H,7-8H2,1-3H3,(H,28,29,33);4-5,11-13H,2-3H2,1H3. The lowest BCUT2D eigenvalue weighted by atomic mass is 10.1. The second-order valence-corrected chi connectivity index (χ2v) is 11.6. The number of nitrogens with zero attached hydrogens (tertiary/aromatic N) is 6. The van der Waals surface area contributed by atoms with E-state index in [1.807, 2.05) is 43.0 Å². The third-order valence-corrected chi connectivity index (χ3v) is 7.50. The number of carbonyl (C=O) groups is 2. The number of nitrogens with one attached hydrogen (secondary N) is 1. The lowest BCUT2D eigenvalue weighted by Crippen LogP contribution is -2.16. The number of hydrogen-bond acceptors (Lipinski definition) is 10. The van der Waals surface area contributed by atoms with Gasteiger partial charge in [-0.1, -0.05) is 13.0 Å². The normalized spacial score (nSPS) is 12.4. The second-order valence-electron chi connectivity index (χ2n) is 11.6. The van der Waals surface area contributed by atoms with Crippen molar-refractivity contribution in [3.05, 3.63) is 89.5 Å². The van der Waals surface area contributed by atoms with Gasteiger partial charge < -0.3 is 34.5 Å². The average Bonchev–Trinajstić information content (AvgIpc) is 3.57. The quantitative estimate of drug-likeness (QED) is 0.108. The highest BCUT2D eigenvalue weighted by Gasteiger charge is 2.26. The highest BCUT2D eigenvalue weighted by atomic mass is 19.1. The van der Waals surface area contributed by atoms with Crippen molar-refractivity contribution in [1.82, 2.24) is 29.3 Å². The summed E-state index contributed by atoms with van der Waals surface area (Å²) in [6.45, 7) is 7.96. The number of aryl methyl sites for hydroxylation is 1. The highest BCUT2D eigenvalue weighted by Crippen LogP contribution is 2.39. The number of esters is 1. The highest BCUT2D eigenvalue weighted by molar-refractivity contribution is 6.04. The topological polar surface area (TPSA) is 178 Å². The minimum atomic E-state index is -0.651. The van der Waals surface area contributed by atoms with Crippen LogP contribution in [-0.4, -0.2) is 63.1 Å². The maximum atomic E-state index is 14.8. The van der Waals surface area contributed by atoms with Gasteiger partial charge in [-0.3, -0.25) is 4.79 Å². The molecule has 0 unspecified atom stereocenters. The van der Waals surface area contributed by atoms with Gasteiger partial charge in [-0.05, 0) is 82.0 Å². The molecule has 0 aliphatic heterocycles. The molecule has 1 saturated carbocycles. The van der Waals surface area contributed by atoms with Gasteiger partial charge in [0.15, 0.2) is 23.1 Å². The van der Waals surface area contributed by atoms with Gasteiger partial charge >= 0.3 is 5.97 Å². The molecule has 2 aromatic carbocycles. The summed E-state index contributed by atoms with van der Waals surface area (Å²) in [5.74, 6) is -2.18. The van der Waals surface area contributed by atoms with E-state index < -0.39 is 34.9 Å². The van der Waals surface area contributed by atoms with E-state index in [2.05, 4.69) is 25.5 Å². The summed E-state index contributed by atoms with van der Waals surface area (Å²) in [5, 5.41) is 38.1. The van der Waals surface area contributed by atoms with Crippen molar-refractivity contribution in [3.63, 3.8) is 0 Å². The van der Waals surface area contributed by atoms with E-state index in [0.717, 1.165) is 36.2 Å². The summed E-state index contributed by atoms with van der Waals surface area (Å²) in [6, 6.07) is 10.4. The first kappa shape index (κ1) is 33.6. The maximum Gasteiger partial charge on any atom is 0.338 e. The molecule has 5 aromatic rings.